The van der Waals surface area contributed by atoms with Crippen LogP contribution in [0.4, 0.5) is 26.3 Å². The predicted molar refractivity (Wildman–Crippen MR) is 51.5 cm³/mol. The van der Waals surface area contributed by atoms with Crippen molar-refractivity contribution in [1.29, 1.82) is 0 Å². The fourth-order valence-electron chi connectivity index (χ4n) is 0.912. The van der Waals surface area contributed by atoms with Crippen LogP contribution < -0.4 is 10.2 Å². The maximum absolute atomic E-state index is 12.3. The van der Waals surface area contributed by atoms with E-state index in [2.05, 4.69) is 4.74 Å². The van der Waals surface area contributed by atoms with Gasteiger partial charge >= 0.3 is 12.5 Å². The molecule has 0 bridgehead atoms. The Balaban J connectivity index is 3.43. The Hall–Kier alpha value is -0.940. The Morgan fingerprint density at radius 2 is 1.71 bits per heavy atom. The van der Waals surface area contributed by atoms with Gasteiger partial charge in [-0.05, 0) is 22.6 Å². The molecule has 0 spiro atoms. The van der Waals surface area contributed by atoms with Crippen molar-refractivity contribution in [2.24, 2.45) is 0 Å². The second-order valence-electron chi connectivity index (χ2n) is 2.72. The summed E-state index contributed by atoms with van der Waals surface area (Å²) < 4.78 is 75.3. The minimum Gasteiger partial charge on any atom is -0.399 e. The molecular formula is C7H2F6INO2. The van der Waals surface area contributed by atoms with Gasteiger partial charge in [-0.2, -0.15) is 13.2 Å². The molecule has 0 aliphatic rings. The molecule has 0 radical (unpaired) electrons. The number of aromatic amines is 1. The fourth-order valence-corrected chi connectivity index (χ4v) is 1.31. The number of rotatable bonds is 1. The monoisotopic (exact) mass is 373 g/mol. The lowest BCUT2D eigenvalue weighted by Gasteiger charge is -2.14. The van der Waals surface area contributed by atoms with Crippen molar-refractivity contribution < 1.29 is 31.1 Å². The maximum atomic E-state index is 12.3. The summed E-state index contributed by atoms with van der Waals surface area (Å²) >= 11 is 1.29. The van der Waals surface area contributed by atoms with Gasteiger partial charge in [0.1, 0.15) is 0 Å². The highest BCUT2D eigenvalue weighted by atomic mass is 127. The first-order chi connectivity index (χ1) is 7.52. The van der Waals surface area contributed by atoms with Crippen LogP contribution in [-0.2, 0) is 6.18 Å². The minimum absolute atomic E-state index is 0.352. The second kappa shape index (κ2) is 4.38. The second-order valence-corrected chi connectivity index (χ2v) is 3.88. The predicted octanol–water partition coefficient (Wildman–Crippen LogP) is 2.90. The highest BCUT2D eigenvalue weighted by Gasteiger charge is 2.41. The van der Waals surface area contributed by atoms with Crippen LogP contribution in [0.5, 0.6) is 5.75 Å². The minimum atomic E-state index is -5.38. The van der Waals surface area contributed by atoms with Crippen LogP contribution in [0.2, 0.25) is 0 Å². The molecule has 1 heterocycles. The summed E-state index contributed by atoms with van der Waals surface area (Å²) in [5.41, 5.74) is -3.35. The molecule has 0 aliphatic carbocycles. The Morgan fingerprint density at radius 1 is 1.18 bits per heavy atom. The third-order valence-electron chi connectivity index (χ3n) is 1.49. The van der Waals surface area contributed by atoms with Crippen LogP contribution in [0.3, 0.4) is 0 Å². The van der Waals surface area contributed by atoms with E-state index in [1.807, 2.05) is 0 Å². The molecule has 1 aromatic heterocycles. The molecule has 0 fully saturated rings. The molecule has 1 aromatic rings. The number of ether oxygens (including phenoxy) is 1. The zero-order chi connectivity index (χ0) is 13.4. The van der Waals surface area contributed by atoms with Crippen LogP contribution in [0.15, 0.2) is 11.0 Å². The molecule has 3 nitrogen and oxygen atoms in total. The number of pyridine rings is 1. The zero-order valence-corrected chi connectivity index (χ0v) is 9.70. The van der Waals surface area contributed by atoms with E-state index >= 15 is 0 Å². The third-order valence-corrected chi connectivity index (χ3v) is 2.30. The topological polar surface area (TPSA) is 42.1 Å². The molecule has 1 N–H and O–H groups in total. The van der Waals surface area contributed by atoms with E-state index in [-0.39, 0.29) is 3.57 Å². The third kappa shape index (κ3) is 3.51. The molecule has 0 aliphatic heterocycles. The van der Waals surface area contributed by atoms with Gasteiger partial charge in [0.25, 0.3) is 0 Å². The highest BCUT2D eigenvalue weighted by Crippen LogP contribution is 2.35. The number of aromatic nitrogens is 1. The van der Waals surface area contributed by atoms with Gasteiger partial charge in [0, 0.05) is 6.20 Å². The molecule has 0 atom stereocenters. The van der Waals surface area contributed by atoms with Gasteiger partial charge in [-0.25, -0.2) is 0 Å². The first-order valence-electron chi connectivity index (χ1n) is 3.76. The molecule has 17 heavy (non-hydrogen) atoms. The number of hydrogen-bond donors (Lipinski definition) is 1. The average molecular weight is 373 g/mol. The summed E-state index contributed by atoms with van der Waals surface area (Å²) in [7, 11) is 0. The van der Waals surface area contributed by atoms with E-state index in [1.165, 1.54) is 22.6 Å². The highest BCUT2D eigenvalue weighted by molar-refractivity contribution is 14.1. The van der Waals surface area contributed by atoms with Crippen LogP contribution in [-0.4, -0.2) is 11.3 Å². The van der Waals surface area contributed by atoms with E-state index in [1.54, 1.807) is 4.98 Å². The summed E-state index contributed by atoms with van der Waals surface area (Å²) in [5.74, 6) is -1.81. The average Bonchev–Trinajstić information content (AvgIpc) is 2.08. The van der Waals surface area contributed by atoms with Gasteiger partial charge in [-0.1, -0.05) is 0 Å². The van der Waals surface area contributed by atoms with Crippen molar-refractivity contribution in [2.45, 2.75) is 12.5 Å². The maximum Gasteiger partial charge on any atom is 0.573 e. The summed E-state index contributed by atoms with van der Waals surface area (Å²) in [6.45, 7) is 0. The van der Waals surface area contributed by atoms with E-state index in [4.69, 9.17) is 0 Å². The van der Waals surface area contributed by atoms with Gasteiger partial charge in [-0.3, -0.25) is 4.79 Å². The smallest absolute Gasteiger partial charge is 0.399 e. The first-order valence-corrected chi connectivity index (χ1v) is 4.84. The van der Waals surface area contributed by atoms with Crippen molar-refractivity contribution in [2.75, 3.05) is 0 Å². The SMILES string of the molecule is O=c1c(I)c[nH]c(C(F)(F)F)c1OC(F)(F)F. The van der Waals surface area contributed by atoms with E-state index < -0.39 is 29.4 Å². The molecule has 0 aromatic carbocycles. The van der Waals surface area contributed by atoms with Gasteiger partial charge in [0.05, 0.1) is 3.57 Å². The summed E-state index contributed by atoms with van der Waals surface area (Å²) in [5, 5.41) is 0. The standard InChI is InChI=1S/C7H2F6INO2/c8-6(9,10)5-4(17-7(11,12)13)3(16)2(14)1-15-5/h1H,(H,15,16). The number of hydrogen-bond acceptors (Lipinski definition) is 2. The van der Waals surface area contributed by atoms with Gasteiger partial charge in [0.15, 0.2) is 5.69 Å². The molecule has 0 amide bonds. The number of H-pyrrole nitrogens is 1. The number of alkyl halides is 6. The van der Waals surface area contributed by atoms with E-state index in [9.17, 15) is 31.1 Å². The number of halogens is 7. The fraction of sp³-hybridized carbons (Fsp3) is 0.286. The van der Waals surface area contributed by atoms with Crippen LogP contribution >= 0.6 is 22.6 Å². The number of nitrogens with one attached hydrogen (secondary N) is 1. The van der Waals surface area contributed by atoms with Crippen LogP contribution in [0.25, 0.3) is 0 Å². The molecule has 10 heteroatoms. The van der Waals surface area contributed by atoms with Crippen molar-refractivity contribution >= 4 is 22.6 Å². The molecular weight excluding hydrogens is 371 g/mol. The Morgan fingerprint density at radius 3 is 2.12 bits per heavy atom. The van der Waals surface area contributed by atoms with Crippen molar-refractivity contribution in [3.8, 4) is 5.75 Å². The quantitative estimate of drug-likeness (QED) is 0.608. The summed E-state index contributed by atoms with van der Waals surface area (Å²) in [6.07, 6.45) is -9.88. The summed E-state index contributed by atoms with van der Waals surface area (Å²) in [4.78, 5) is 12.7. The van der Waals surface area contributed by atoms with Crippen molar-refractivity contribution in [3.63, 3.8) is 0 Å². The normalized spacial score (nSPS) is 12.6. The van der Waals surface area contributed by atoms with Gasteiger partial charge < -0.3 is 9.72 Å². The first kappa shape index (κ1) is 14.1. The Kier molecular flexibility index (Phi) is 3.64. The molecule has 96 valence electrons. The molecule has 0 saturated carbocycles. The molecule has 0 saturated heterocycles. The largest absolute Gasteiger partial charge is 0.573 e. The lowest BCUT2D eigenvalue weighted by Crippen LogP contribution is -2.27. The Labute approximate surface area is 103 Å². The zero-order valence-electron chi connectivity index (χ0n) is 7.54. The van der Waals surface area contributed by atoms with Gasteiger partial charge in [0.2, 0.25) is 11.2 Å². The van der Waals surface area contributed by atoms with Crippen LogP contribution in [0, 0.1) is 3.57 Å². The van der Waals surface area contributed by atoms with Crippen molar-refractivity contribution in [3.05, 3.63) is 25.7 Å². The molecule has 1 rings (SSSR count). The lowest BCUT2D eigenvalue weighted by molar-refractivity contribution is -0.277. The van der Waals surface area contributed by atoms with Crippen LogP contribution in [0.1, 0.15) is 5.69 Å². The summed E-state index contributed by atoms with van der Waals surface area (Å²) in [6, 6.07) is 0. The Bertz CT molecular complexity index is 477. The van der Waals surface area contributed by atoms with E-state index in [0.29, 0.717) is 6.20 Å². The van der Waals surface area contributed by atoms with Gasteiger partial charge in [-0.15, -0.1) is 13.2 Å². The van der Waals surface area contributed by atoms with E-state index in [0.717, 1.165) is 0 Å². The van der Waals surface area contributed by atoms with Crippen molar-refractivity contribution in [1.82, 2.24) is 4.98 Å². The lowest BCUT2D eigenvalue weighted by atomic mass is 10.3. The molecule has 0 unspecified atom stereocenters.